The molecule has 0 aliphatic carbocycles. The van der Waals surface area contributed by atoms with Crippen molar-refractivity contribution in [3.8, 4) is 0 Å². The van der Waals surface area contributed by atoms with Gasteiger partial charge in [-0.05, 0) is 11.1 Å². The molecule has 0 fully saturated rings. The van der Waals surface area contributed by atoms with Crippen molar-refractivity contribution in [2.45, 2.75) is 25.9 Å². The van der Waals surface area contributed by atoms with E-state index in [2.05, 4.69) is 0 Å². The fourth-order valence-electron chi connectivity index (χ4n) is 2.11. The molecule has 4 nitrogen and oxygen atoms in total. The van der Waals surface area contributed by atoms with Gasteiger partial charge in [0.25, 0.3) is 0 Å². The van der Waals surface area contributed by atoms with E-state index in [9.17, 15) is 9.59 Å². The van der Waals surface area contributed by atoms with Crippen LogP contribution < -0.4 is 5.73 Å². The van der Waals surface area contributed by atoms with Crippen molar-refractivity contribution in [3.63, 3.8) is 0 Å². The maximum Gasteiger partial charge on any atom is 0.240 e. The Morgan fingerprint density at radius 2 is 1.94 bits per heavy atom. The molecule has 16 heavy (non-hydrogen) atoms. The van der Waals surface area contributed by atoms with Crippen molar-refractivity contribution in [1.82, 2.24) is 4.90 Å². The van der Waals surface area contributed by atoms with E-state index in [1.807, 2.05) is 24.3 Å². The molecule has 1 aromatic carbocycles. The van der Waals surface area contributed by atoms with Crippen LogP contribution in [0.3, 0.4) is 0 Å². The number of hydrogen-bond donors (Lipinski definition) is 1. The minimum Gasteiger partial charge on any atom is -0.368 e. The van der Waals surface area contributed by atoms with E-state index in [1.54, 1.807) is 0 Å². The van der Waals surface area contributed by atoms with Gasteiger partial charge in [-0.2, -0.15) is 0 Å². The highest BCUT2D eigenvalue weighted by Gasteiger charge is 2.31. The summed E-state index contributed by atoms with van der Waals surface area (Å²) >= 11 is 0. The van der Waals surface area contributed by atoms with Gasteiger partial charge < -0.3 is 10.6 Å². The molecule has 1 atom stereocenters. The van der Waals surface area contributed by atoms with Crippen molar-refractivity contribution in [1.29, 1.82) is 0 Å². The molecule has 0 spiro atoms. The maximum atomic E-state index is 11.4. The molecule has 1 aliphatic heterocycles. The molecule has 1 aliphatic rings. The second kappa shape index (κ2) is 3.96. The third-order valence-electron chi connectivity index (χ3n) is 2.98. The van der Waals surface area contributed by atoms with Crippen LogP contribution >= 0.6 is 0 Å². The lowest BCUT2D eigenvalue weighted by Gasteiger charge is -2.34. The van der Waals surface area contributed by atoms with E-state index < -0.39 is 11.9 Å². The lowest BCUT2D eigenvalue weighted by molar-refractivity contribution is -0.138. The minimum atomic E-state index is -0.507. The first-order valence-electron chi connectivity index (χ1n) is 5.23. The topological polar surface area (TPSA) is 63.4 Å². The Morgan fingerprint density at radius 1 is 1.31 bits per heavy atom. The molecule has 84 valence electrons. The number of amides is 2. The quantitative estimate of drug-likeness (QED) is 0.743. The van der Waals surface area contributed by atoms with Crippen LogP contribution in [0.4, 0.5) is 0 Å². The molecule has 1 aromatic rings. The van der Waals surface area contributed by atoms with Gasteiger partial charge in [-0.1, -0.05) is 24.3 Å². The van der Waals surface area contributed by atoms with Crippen LogP contribution in [0, 0.1) is 0 Å². The second-order valence-corrected chi connectivity index (χ2v) is 4.04. The van der Waals surface area contributed by atoms with Crippen LogP contribution in [0.2, 0.25) is 0 Å². The molecule has 0 bridgehead atoms. The first kappa shape index (κ1) is 10.7. The molecular formula is C12H14N2O2. The molecule has 1 unspecified atom stereocenters. The molecule has 4 heteroatoms. The Balaban J connectivity index is 2.37. The summed E-state index contributed by atoms with van der Waals surface area (Å²) in [5.41, 5.74) is 7.51. The van der Waals surface area contributed by atoms with Crippen molar-refractivity contribution in [2.24, 2.45) is 5.73 Å². The Hall–Kier alpha value is -1.84. The number of nitrogens with two attached hydrogens (primary N) is 1. The van der Waals surface area contributed by atoms with E-state index in [1.165, 1.54) is 11.8 Å². The SMILES string of the molecule is CC(=O)N1Cc2ccccc2CC1C(N)=O. The zero-order chi connectivity index (χ0) is 11.7. The number of carbonyl (C=O) groups excluding carboxylic acids is 2. The predicted molar refractivity (Wildman–Crippen MR) is 59.4 cm³/mol. The molecule has 0 saturated heterocycles. The van der Waals surface area contributed by atoms with Crippen LogP contribution in [0.1, 0.15) is 18.1 Å². The molecule has 0 aromatic heterocycles. The molecule has 0 radical (unpaired) electrons. The van der Waals surface area contributed by atoms with Gasteiger partial charge in [-0.15, -0.1) is 0 Å². The van der Waals surface area contributed by atoms with Crippen LogP contribution in [0.25, 0.3) is 0 Å². The van der Waals surface area contributed by atoms with E-state index in [-0.39, 0.29) is 5.91 Å². The summed E-state index contributed by atoms with van der Waals surface area (Å²) in [5.74, 6) is -0.553. The van der Waals surface area contributed by atoms with Crippen molar-refractivity contribution in [3.05, 3.63) is 35.4 Å². The largest absolute Gasteiger partial charge is 0.368 e. The molecule has 1 heterocycles. The molecule has 2 N–H and O–H groups in total. The number of benzene rings is 1. The smallest absolute Gasteiger partial charge is 0.240 e. The fraction of sp³-hybridized carbons (Fsp3) is 0.333. The lowest BCUT2D eigenvalue weighted by atomic mass is 9.93. The number of nitrogens with zero attached hydrogens (tertiary/aromatic N) is 1. The highest BCUT2D eigenvalue weighted by atomic mass is 16.2. The number of carbonyl (C=O) groups is 2. The van der Waals surface area contributed by atoms with E-state index >= 15 is 0 Å². The average Bonchev–Trinajstić information content (AvgIpc) is 2.27. The molecule has 0 saturated carbocycles. The second-order valence-electron chi connectivity index (χ2n) is 4.04. The maximum absolute atomic E-state index is 11.4. The summed E-state index contributed by atoms with van der Waals surface area (Å²) in [6.45, 7) is 1.93. The molecule has 2 amide bonds. The Morgan fingerprint density at radius 3 is 2.50 bits per heavy atom. The third kappa shape index (κ3) is 1.78. The Labute approximate surface area is 94.0 Å². The van der Waals surface area contributed by atoms with Crippen molar-refractivity contribution < 1.29 is 9.59 Å². The van der Waals surface area contributed by atoms with Crippen molar-refractivity contribution >= 4 is 11.8 Å². The zero-order valence-corrected chi connectivity index (χ0v) is 9.14. The van der Waals surface area contributed by atoms with Gasteiger partial charge in [0.1, 0.15) is 6.04 Å². The highest BCUT2D eigenvalue weighted by Crippen LogP contribution is 2.23. The number of primary amides is 1. The molecular weight excluding hydrogens is 204 g/mol. The summed E-state index contributed by atoms with van der Waals surface area (Å²) in [7, 11) is 0. The van der Waals surface area contributed by atoms with E-state index in [0.717, 1.165) is 11.1 Å². The zero-order valence-electron chi connectivity index (χ0n) is 9.14. The number of rotatable bonds is 1. The number of hydrogen-bond acceptors (Lipinski definition) is 2. The summed E-state index contributed by atoms with van der Waals surface area (Å²) in [5, 5.41) is 0. The normalized spacial score (nSPS) is 19.1. The van der Waals surface area contributed by atoms with Crippen LogP contribution in [-0.4, -0.2) is 22.8 Å². The lowest BCUT2D eigenvalue weighted by Crippen LogP contribution is -2.50. The van der Waals surface area contributed by atoms with E-state index in [0.29, 0.717) is 13.0 Å². The third-order valence-corrected chi connectivity index (χ3v) is 2.98. The van der Waals surface area contributed by atoms with Gasteiger partial charge in [-0.25, -0.2) is 0 Å². The van der Waals surface area contributed by atoms with Gasteiger partial charge >= 0.3 is 0 Å². The molecule has 2 rings (SSSR count). The number of fused-ring (bicyclic) bond motifs is 1. The summed E-state index contributed by atoms with van der Waals surface area (Å²) in [6, 6.07) is 7.31. The van der Waals surface area contributed by atoms with Gasteiger partial charge in [-0.3, -0.25) is 9.59 Å². The first-order chi connectivity index (χ1) is 7.59. The van der Waals surface area contributed by atoms with Crippen LogP contribution in [0.15, 0.2) is 24.3 Å². The van der Waals surface area contributed by atoms with Crippen LogP contribution in [-0.2, 0) is 22.6 Å². The van der Waals surface area contributed by atoms with Gasteiger partial charge in [0.05, 0.1) is 0 Å². The fourth-order valence-corrected chi connectivity index (χ4v) is 2.11. The standard InChI is InChI=1S/C12H14N2O2/c1-8(15)14-7-10-5-3-2-4-9(10)6-11(14)12(13)16/h2-5,11H,6-7H2,1H3,(H2,13,16). The van der Waals surface area contributed by atoms with Gasteiger partial charge in [0, 0.05) is 19.9 Å². The van der Waals surface area contributed by atoms with E-state index in [4.69, 9.17) is 5.73 Å². The summed E-state index contributed by atoms with van der Waals surface area (Å²) in [4.78, 5) is 24.3. The predicted octanol–water partition coefficient (Wildman–Crippen LogP) is 0.445. The van der Waals surface area contributed by atoms with Gasteiger partial charge in [0.15, 0.2) is 0 Å². The Kier molecular flexibility index (Phi) is 2.64. The van der Waals surface area contributed by atoms with Gasteiger partial charge in [0.2, 0.25) is 11.8 Å². The summed E-state index contributed by atoms with van der Waals surface area (Å²) in [6.07, 6.45) is 0.519. The van der Waals surface area contributed by atoms with Crippen LogP contribution in [0.5, 0.6) is 0 Å². The summed E-state index contributed by atoms with van der Waals surface area (Å²) < 4.78 is 0. The minimum absolute atomic E-state index is 0.113. The average molecular weight is 218 g/mol. The first-order valence-corrected chi connectivity index (χ1v) is 5.23. The highest BCUT2D eigenvalue weighted by molar-refractivity contribution is 5.86. The van der Waals surface area contributed by atoms with Crippen molar-refractivity contribution in [2.75, 3.05) is 0 Å². The monoisotopic (exact) mass is 218 g/mol. The Bertz CT molecular complexity index is 401.